The van der Waals surface area contributed by atoms with Crippen LogP contribution in [-0.2, 0) is 4.79 Å². The van der Waals surface area contributed by atoms with E-state index < -0.39 is 0 Å². The number of benzene rings is 2. The molecule has 0 aliphatic rings. The van der Waals surface area contributed by atoms with Crippen molar-refractivity contribution in [1.29, 1.82) is 0 Å². The number of rotatable bonds is 7. The van der Waals surface area contributed by atoms with E-state index in [1.807, 2.05) is 73.6 Å². The fourth-order valence-electron chi connectivity index (χ4n) is 1.90. The molecule has 0 spiro atoms. The highest BCUT2D eigenvalue weighted by molar-refractivity contribution is 14.1. The van der Waals surface area contributed by atoms with Gasteiger partial charge in [-0.05, 0) is 70.6 Å². The van der Waals surface area contributed by atoms with Crippen LogP contribution in [-0.4, -0.2) is 32.8 Å². The molecule has 2 rings (SSSR count). The molecule has 1 N–H and O–H groups in total. The molecule has 6 heteroatoms. The summed E-state index contributed by atoms with van der Waals surface area (Å²) < 4.78 is 6.48. The largest absolute Gasteiger partial charge is 0.484 e. The third-order valence-corrected chi connectivity index (χ3v) is 3.95. The Balaban J connectivity index is 1.72. The molecule has 0 bridgehead atoms. The summed E-state index contributed by atoms with van der Waals surface area (Å²) in [5.74, 6) is 0.346. The van der Waals surface area contributed by atoms with E-state index in [2.05, 4.69) is 33.1 Å². The van der Waals surface area contributed by atoms with Crippen LogP contribution in [0.4, 0.5) is 5.69 Å². The van der Waals surface area contributed by atoms with E-state index in [9.17, 15) is 4.79 Å². The molecule has 0 aliphatic heterocycles. The minimum Gasteiger partial charge on any atom is -0.484 e. The molecule has 1 amide bonds. The normalized spacial score (nSPS) is 11.0. The van der Waals surface area contributed by atoms with Crippen molar-refractivity contribution in [2.24, 2.45) is 5.10 Å². The van der Waals surface area contributed by atoms with Gasteiger partial charge in [-0.2, -0.15) is 5.10 Å². The molecule has 0 saturated heterocycles. The Labute approximate surface area is 161 Å². The molecule has 2 aromatic rings. The molecule has 0 heterocycles. The van der Waals surface area contributed by atoms with Crippen molar-refractivity contribution < 1.29 is 9.53 Å². The van der Waals surface area contributed by atoms with E-state index in [0.29, 0.717) is 5.75 Å². The van der Waals surface area contributed by atoms with E-state index in [0.717, 1.165) is 14.8 Å². The van der Waals surface area contributed by atoms with Crippen LogP contribution in [0.1, 0.15) is 5.56 Å². The summed E-state index contributed by atoms with van der Waals surface area (Å²) in [7, 11) is 4.00. The average molecular weight is 449 g/mol. The van der Waals surface area contributed by atoms with Crippen LogP contribution in [0.25, 0.3) is 6.08 Å². The van der Waals surface area contributed by atoms with Crippen LogP contribution >= 0.6 is 22.6 Å². The zero-order valence-corrected chi connectivity index (χ0v) is 16.3. The molecule has 0 aliphatic carbocycles. The summed E-state index contributed by atoms with van der Waals surface area (Å²) >= 11 is 2.21. The highest BCUT2D eigenvalue weighted by Gasteiger charge is 2.00. The Morgan fingerprint density at radius 1 is 1.16 bits per heavy atom. The minimum absolute atomic E-state index is 0.0757. The summed E-state index contributed by atoms with van der Waals surface area (Å²) in [6.07, 6.45) is 5.21. The lowest BCUT2D eigenvalue weighted by molar-refractivity contribution is -0.123. The Bertz CT molecular complexity index is 738. The first-order chi connectivity index (χ1) is 12.0. The smallest absolute Gasteiger partial charge is 0.277 e. The van der Waals surface area contributed by atoms with Crippen LogP contribution < -0.4 is 15.1 Å². The van der Waals surface area contributed by atoms with Gasteiger partial charge in [-0.15, -0.1) is 0 Å². The van der Waals surface area contributed by atoms with E-state index in [1.165, 1.54) is 6.21 Å². The average Bonchev–Trinajstić information content (AvgIpc) is 2.61. The van der Waals surface area contributed by atoms with Gasteiger partial charge in [0.05, 0.1) is 0 Å². The first-order valence-corrected chi connectivity index (χ1v) is 8.77. The molecular weight excluding hydrogens is 429 g/mol. The van der Waals surface area contributed by atoms with Gasteiger partial charge < -0.3 is 9.64 Å². The SMILES string of the molecule is CN(C)c1ccc(/C=C/C=N/NC(=O)COc2ccc(I)cc2)cc1. The number of hydrogen-bond acceptors (Lipinski definition) is 4. The number of ether oxygens (including phenoxy) is 1. The minimum atomic E-state index is -0.307. The van der Waals surface area contributed by atoms with E-state index in [1.54, 1.807) is 6.08 Å². The van der Waals surface area contributed by atoms with Crippen molar-refractivity contribution in [3.05, 3.63) is 63.7 Å². The quantitative estimate of drug-likeness (QED) is 0.400. The van der Waals surface area contributed by atoms with E-state index in [4.69, 9.17) is 4.74 Å². The number of amides is 1. The molecule has 0 aromatic heterocycles. The van der Waals surface area contributed by atoms with Crippen LogP contribution in [0, 0.1) is 3.57 Å². The van der Waals surface area contributed by atoms with Gasteiger partial charge in [-0.1, -0.05) is 18.2 Å². The number of nitrogens with one attached hydrogen (secondary N) is 1. The van der Waals surface area contributed by atoms with Crippen LogP contribution in [0.2, 0.25) is 0 Å². The molecule has 0 saturated carbocycles. The number of hydrazone groups is 1. The third-order valence-electron chi connectivity index (χ3n) is 3.23. The molecule has 0 radical (unpaired) electrons. The second-order valence-corrected chi connectivity index (χ2v) is 6.65. The summed E-state index contributed by atoms with van der Waals surface area (Å²) in [6, 6.07) is 15.6. The third kappa shape index (κ3) is 6.96. The van der Waals surface area contributed by atoms with Gasteiger partial charge in [0.2, 0.25) is 0 Å². The second-order valence-electron chi connectivity index (χ2n) is 5.40. The van der Waals surface area contributed by atoms with Gasteiger partial charge >= 0.3 is 0 Å². The second kappa shape index (κ2) is 9.83. The lowest BCUT2D eigenvalue weighted by Gasteiger charge is -2.11. The van der Waals surface area contributed by atoms with Gasteiger partial charge in [0.25, 0.3) is 5.91 Å². The van der Waals surface area contributed by atoms with Crippen molar-refractivity contribution in [2.75, 3.05) is 25.6 Å². The maximum atomic E-state index is 11.6. The van der Waals surface area contributed by atoms with Gasteiger partial charge in [-0.25, -0.2) is 5.43 Å². The first-order valence-electron chi connectivity index (χ1n) is 7.69. The van der Waals surface area contributed by atoms with Gasteiger partial charge in [0.15, 0.2) is 6.61 Å². The fourth-order valence-corrected chi connectivity index (χ4v) is 2.26. The highest BCUT2D eigenvalue weighted by atomic mass is 127. The maximum absolute atomic E-state index is 11.6. The van der Waals surface area contributed by atoms with Crippen molar-refractivity contribution in [3.63, 3.8) is 0 Å². The number of hydrogen-bond donors (Lipinski definition) is 1. The topological polar surface area (TPSA) is 53.9 Å². The lowest BCUT2D eigenvalue weighted by Crippen LogP contribution is -2.24. The molecule has 0 fully saturated rings. The number of anilines is 1. The number of allylic oxidation sites excluding steroid dienone is 1. The number of nitrogens with zero attached hydrogens (tertiary/aromatic N) is 2. The van der Waals surface area contributed by atoms with Crippen LogP contribution in [0.5, 0.6) is 5.75 Å². The lowest BCUT2D eigenvalue weighted by atomic mass is 10.2. The summed E-state index contributed by atoms with van der Waals surface area (Å²) in [4.78, 5) is 13.7. The first kappa shape index (κ1) is 19.0. The molecule has 25 heavy (non-hydrogen) atoms. The molecule has 0 unspecified atom stereocenters. The summed E-state index contributed by atoms with van der Waals surface area (Å²) in [5, 5.41) is 3.86. The Morgan fingerprint density at radius 3 is 2.48 bits per heavy atom. The number of carbonyl (C=O) groups excluding carboxylic acids is 1. The predicted octanol–water partition coefficient (Wildman–Crippen LogP) is 3.55. The van der Waals surface area contributed by atoms with E-state index >= 15 is 0 Å². The van der Waals surface area contributed by atoms with Gasteiger partial charge in [-0.3, -0.25) is 4.79 Å². The number of carbonyl (C=O) groups is 1. The standard InChI is InChI=1S/C19H20IN3O2/c1-23(2)17-9-5-15(6-10-17)4-3-13-21-22-19(24)14-25-18-11-7-16(20)8-12-18/h3-13H,14H2,1-2H3,(H,22,24)/b4-3+,21-13+. The predicted molar refractivity (Wildman–Crippen MR) is 111 cm³/mol. The maximum Gasteiger partial charge on any atom is 0.277 e. The van der Waals surface area contributed by atoms with Crippen LogP contribution in [0.15, 0.2) is 59.7 Å². The van der Waals surface area contributed by atoms with Crippen molar-refractivity contribution >= 4 is 46.5 Å². The Morgan fingerprint density at radius 2 is 1.84 bits per heavy atom. The van der Waals surface area contributed by atoms with Crippen molar-refractivity contribution in [3.8, 4) is 5.75 Å². The molecule has 5 nitrogen and oxygen atoms in total. The molecule has 2 aromatic carbocycles. The zero-order chi connectivity index (χ0) is 18.1. The summed E-state index contributed by atoms with van der Waals surface area (Å²) in [5.41, 5.74) is 4.63. The Kier molecular flexibility index (Phi) is 7.46. The molecule has 130 valence electrons. The molecule has 0 atom stereocenters. The van der Waals surface area contributed by atoms with Crippen molar-refractivity contribution in [2.45, 2.75) is 0 Å². The Hall–Kier alpha value is -2.35. The fraction of sp³-hybridized carbons (Fsp3) is 0.158. The van der Waals surface area contributed by atoms with E-state index in [-0.39, 0.29) is 12.5 Å². The number of halogens is 1. The van der Waals surface area contributed by atoms with Gasteiger partial charge in [0.1, 0.15) is 5.75 Å². The molecular formula is C19H20IN3O2. The summed E-state index contributed by atoms with van der Waals surface area (Å²) in [6.45, 7) is -0.0757. The highest BCUT2D eigenvalue weighted by Crippen LogP contribution is 2.13. The van der Waals surface area contributed by atoms with Gasteiger partial charge in [0, 0.05) is 29.6 Å². The monoisotopic (exact) mass is 449 g/mol. The zero-order valence-electron chi connectivity index (χ0n) is 14.1. The van der Waals surface area contributed by atoms with Crippen LogP contribution in [0.3, 0.4) is 0 Å². The van der Waals surface area contributed by atoms with Crippen molar-refractivity contribution in [1.82, 2.24) is 5.43 Å².